The van der Waals surface area contributed by atoms with Gasteiger partial charge in [-0.2, -0.15) is 0 Å². The van der Waals surface area contributed by atoms with Gasteiger partial charge >= 0.3 is 0 Å². The monoisotopic (exact) mass is 349 g/mol. The molecular formula is C18H20FNO3S. The molecule has 1 aliphatic rings. The van der Waals surface area contributed by atoms with Gasteiger partial charge in [-0.1, -0.05) is 25.1 Å². The first-order valence-electron chi connectivity index (χ1n) is 7.95. The van der Waals surface area contributed by atoms with Gasteiger partial charge in [-0.05, 0) is 30.3 Å². The molecule has 128 valence electrons. The molecule has 1 unspecified atom stereocenters. The number of rotatable bonds is 4. The van der Waals surface area contributed by atoms with Crippen LogP contribution in [0.15, 0.2) is 53.4 Å². The van der Waals surface area contributed by atoms with E-state index in [1.807, 2.05) is 0 Å². The summed E-state index contributed by atoms with van der Waals surface area (Å²) in [5.74, 6) is -0.187. The first kappa shape index (κ1) is 16.9. The summed E-state index contributed by atoms with van der Waals surface area (Å²) in [5, 5.41) is 0. The summed E-state index contributed by atoms with van der Waals surface area (Å²) in [5.41, 5.74) is 1.46. The molecule has 0 spiro atoms. The van der Waals surface area contributed by atoms with E-state index in [1.54, 1.807) is 49.4 Å². The lowest BCUT2D eigenvalue weighted by Crippen LogP contribution is -2.38. The second-order valence-corrected chi connectivity index (χ2v) is 8.00. The molecule has 0 saturated carbocycles. The summed E-state index contributed by atoms with van der Waals surface area (Å²) >= 11 is 0. The molecule has 6 heteroatoms. The molecule has 24 heavy (non-hydrogen) atoms. The van der Waals surface area contributed by atoms with Gasteiger partial charge in [0.2, 0.25) is 0 Å². The number of benzene rings is 2. The zero-order valence-electron chi connectivity index (χ0n) is 13.5. The topological polar surface area (TPSA) is 46.6 Å². The average molecular weight is 349 g/mol. The van der Waals surface area contributed by atoms with Crippen molar-refractivity contribution in [3.63, 3.8) is 0 Å². The van der Waals surface area contributed by atoms with E-state index in [9.17, 15) is 12.8 Å². The van der Waals surface area contributed by atoms with E-state index >= 15 is 0 Å². The smallest absolute Gasteiger partial charge is 0.178 e. The van der Waals surface area contributed by atoms with Crippen molar-refractivity contribution in [3.05, 3.63) is 59.9 Å². The van der Waals surface area contributed by atoms with Crippen LogP contribution in [0.1, 0.15) is 18.6 Å². The number of anilines is 1. The largest absolute Gasteiger partial charge is 0.370 e. The highest BCUT2D eigenvalue weighted by atomic mass is 32.2. The third kappa shape index (κ3) is 3.44. The highest BCUT2D eigenvalue weighted by molar-refractivity contribution is 7.91. The number of ether oxygens (including phenoxy) is 1. The van der Waals surface area contributed by atoms with Crippen LogP contribution in [0.25, 0.3) is 0 Å². The second-order valence-electron chi connectivity index (χ2n) is 5.72. The summed E-state index contributed by atoms with van der Waals surface area (Å²) in [6.07, 6.45) is -0.334. The molecule has 2 aromatic rings. The van der Waals surface area contributed by atoms with E-state index in [1.165, 1.54) is 6.07 Å². The van der Waals surface area contributed by atoms with Gasteiger partial charge in [-0.15, -0.1) is 0 Å². The Morgan fingerprint density at radius 1 is 1.17 bits per heavy atom. The molecule has 1 saturated heterocycles. The third-order valence-corrected chi connectivity index (χ3v) is 6.01. The Hall–Kier alpha value is -1.92. The van der Waals surface area contributed by atoms with Gasteiger partial charge < -0.3 is 9.64 Å². The molecule has 0 N–H and O–H groups in total. The second kappa shape index (κ2) is 6.91. The first-order valence-corrected chi connectivity index (χ1v) is 9.60. The van der Waals surface area contributed by atoms with Crippen molar-refractivity contribution in [2.75, 3.05) is 30.3 Å². The van der Waals surface area contributed by atoms with Crippen LogP contribution >= 0.6 is 0 Å². The number of nitrogens with zero attached hydrogens (tertiary/aromatic N) is 1. The van der Waals surface area contributed by atoms with Crippen LogP contribution < -0.4 is 4.90 Å². The molecule has 4 nitrogen and oxygen atoms in total. The Morgan fingerprint density at radius 2 is 1.88 bits per heavy atom. The molecule has 1 aliphatic heterocycles. The minimum absolute atomic E-state index is 0.0826. The van der Waals surface area contributed by atoms with Crippen molar-refractivity contribution in [3.8, 4) is 0 Å². The highest BCUT2D eigenvalue weighted by Gasteiger charge is 2.24. The standard InChI is InChI=1S/C18H20FNO3S/c1-2-24(21,22)15-9-7-14(8-10-15)20-11-12-23-18(13-20)16-5-3-4-6-17(16)19/h3-10,18H,2,11-13H2,1H3. The van der Waals surface area contributed by atoms with Crippen molar-refractivity contribution in [2.24, 2.45) is 0 Å². The van der Waals surface area contributed by atoms with Crippen molar-refractivity contribution in [1.29, 1.82) is 0 Å². The lowest BCUT2D eigenvalue weighted by molar-refractivity contribution is 0.0375. The van der Waals surface area contributed by atoms with E-state index in [-0.39, 0.29) is 17.7 Å². The molecule has 0 aliphatic carbocycles. The highest BCUT2D eigenvalue weighted by Crippen LogP contribution is 2.28. The number of sulfone groups is 1. The van der Waals surface area contributed by atoms with E-state index in [4.69, 9.17) is 4.74 Å². The molecule has 0 amide bonds. The SMILES string of the molecule is CCS(=O)(=O)c1ccc(N2CCOC(c3ccccc3F)C2)cc1. The maximum Gasteiger partial charge on any atom is 0.178 e. The zero-order chi connectivity index (χ0) is 17.2. The summed E-state index contributed by atoms with van der Waals surface area (Å²) in [6, 6.07) is 13.5. The van der Waals surface area contributed by atoms with Gasteiger partial charge in [0.25, 0.3) is 0 Å². The number of hydrogen-bond acceptors (Lipinski definition) is 4. The maximum absolute atomic E-state index is 14.0. The Balaban J connectivity index is 1.79. The molecule has 1 fully saturated rings. The first-order chi connectivity index (χ1) is 11.5. The molecule has 1 atom stereocenters. The fourth-order valence-electron chi connectivity index (χ4n) is 2.84. The van der Waals surface area contributed by atoms with Gasteiger partial charge in [0.05, 0.1) is 17.3 Å². The van der Waals surface area contributed by atoms with E-state index in [0.717, 1.165) is 5.69 Å². The predicted octanol–water partition coefficient (Wildman–Crippen LogP) is 3.20. The number of halogens is 1. The number of morpholine rings is 1. The zero-order valence-corrected chi connectivity index (χ0v) is 14.3. The van der Waals surface area contributed by atoms with Crippen LogP contribution in [-0.2, 0) is 14.6 Å². The van der Waals surface area contributed by atoms with Crippen molar-refractivity contribution >= 4 is 15.5 Å². The van der Waals surface area contributed by atoms with Gasteiger partial charge in [0, 0.05) is 24.3 Å². The average Bonchev–Trinajstić information content (AvgIpc) is 2.62. The lowest BCUT2D eigenvalue weighted by atomic mass is 10.1. The van der Waals surface area contributed by atoms with Crippen molar-refractivity contribution in [2.45, 2.75) is 17.9 Å². The molecule has 0 radical (unpaired) electrons. The normalized spacial score (nSPS) is 18.6. The lowest BCUT2D eigenvalue weighted by Gasteiger charge is -2.35. The van der Waals surface area contributed by atoms with Crippen LogP contribution in [0.3, 0.4) is 0 Å². The fraction of sp³-hybridized carbons (Fsp3) is 0.333. The van der Waals surface area contributed by atoms with E-state index in [2.05, 4.69) is 4.90 Å². The van der Waals surface area contributed by atoms with Crippen molar-refractivity contribution in [1.82, 2.24) is 0 Å². The van der Waals surface area contributed by atoms with Gasteiger partial charge in [0.15, 0.2) is 9.84 Å². The van der Waals surface area contributed by atoms with E-state index < -0.39 is 9.84 Å². The fourth-order valence-corrected chi connectivity index (χ4v) is 3.72. The van der Waals surface area contributed by atoms with Crippen molar-refractivity contribution < 1.29 is 17.5 Å². The summed E-state index contributed by atoms with van der Waals surface area (Å²) in [6.45, 7) is 3.34. The van der Waals surface area contributed by atoms with Gasteiger partial charge in [-0.3, -0.25) is 0 Å². The van der Waals surface area contributed by atoms with E-state index in [0.29, 0.717) is 30.2 Å². The summed E-state index contributed by atoms with van der Waals surface area (Å²) in [4.78, 5) is 2.41. The number of hydrogen-bond donors (Lipinski definition) is 0. The third-order valence-electron chi connectivity index (χ3n) is 4.26. The maximum atomic E-state index is 14.0. The van der Waals surface area contributed by atoms with Crippen LogP contribution in [0, 0.1) is 5.82 Å². The molecular weight excluding hydrogens is 329 g/mol. The Bertz CT molecular complexity index is 805. The molecule has 0 bridgehead atoms. The Labute approximate surface area is 141 Å². The molecule has 3 rings (SSSR count). The quantitative estimate of drug-likeness (QED) is 0.850. The minimum Gasteiger partial charge on any atom is -0.370 e. The van der Waals surface area contributed by atoms with Crippen LogP contribution in [-0.4, -0.2) is 33.9 Å². The van der Waals surface area contributed by atoms with Gasteiger partial charge in [0.1, 0.15) is 11.9 Å². The molecule has 0 aromatic heterocycles. The Kier molecular flexibility index (Phi) is 4.87. The minimum atomic E-state index is -3.20. The van der Waals surface area contributed by atoms with Crippen LogP contribution in [0.2, 0.25) is 0 Å². The van der Waals surface area contributed by atoms with Crippen LogP contribution in [0.4, 0.5) is 10.1 Å². The summed E-state index contributed by atoms with van der Waals surface area (Å²) < 4.78 is 43.5. The predicted molar refractivity (Wildman–Crippen MR) is 91.5 cm³/mol. The van der Waals surface area contributed by atoms with Gasteiger partial charge in [-0.25, -0.2) is 12.8 Å². The van der Waals surface area contributed by atoms with Crippen LogP contribution in [0.5, 0.6) is 0 Å². The Morgan fingerprint density at radius 3 is 2.54 bits per heavy atom. The summed E-state index contributed by atoms with van der Waals surface area (Å²) in [7, 11) is -3.20. The molecule has 2 aromatic carbocycles. The molecule has 1 heterocycles.